The topological polar surface area (TPSA) is 126 Å². The van der Waals surface area contributed by atoms with E-state index in [4.69, 9.17) is 15.7 Å². The van der Waals surface area contributed by atoms with E-state index >= 15 is 0 Å². The fourth-order valence-corrected chi connectivity index (χ4v) is 4.65. The first-order chi connectivity index (χ1) is 18.9. The highest BCUT2D eigenvalue weighted by Gasteiger charge is 2.22. The molecule has 39 heavy (non-hydrogen) atoms. The van der Waals surface area contributed by atoms with Crippen molar-refractivity contribution in [3.05, 3.63) is 73.1 Å². The largest absolute Gasteiger partial charge is 0.381 e. The summed E-state index contributed by atoms with van der Waals surface area (Å²) < 4.78 is 2.07. The minimum Gasteiger partial charge on any atom is -0.381 e. The van der Waals surface area contributed by atoms with Crippen LogP contribution in [0.5, 0.6) is 0 Å². The molecular weight excluding hydrogens is 490 g/mol. The molecule has 2 aromatic carbocycles. The Morgan fingerprint density at radius 3 is 2.69 bits per heavy atom. The Labute approximate surface area is 228 Å². The van der Waals surface area contributed by atoms with Crippen molar-refractivity contribution in [1.82, 2.24) is 19.5 Å². The Bertz CT molecular complexity index is 1460. The lowest BCUT2D eigenvalue weighted by Crippen LogP contribution is -2.43. The number of carbonyl (C=O) groups is 1. The van der Waals surface area contributed by atoms with Gasteiger partial charge in [0, 0.05) is 48.8 Å². The van der Waals surface area contributed by atoms with Crippen molar-refractivity contribution in [3.63, 3.8) is 0 Å². The number of benzene rings is 2. The van der Waals surface area contributed by atoms with Crippen LogP contribution < -0.4 is 26.6 Å². The van der Waals surface area contributed by atoms with E-state index in [0.717, 1.165) is 59.7 Å². The van der Waals surface area contributed by atoms with E-state index in [1.807, 2.05) is 54.9 Å². The van der Waals surface area contributed by atoms with Gasteiger partial charge in [0.1, 0.15) is 0 Å². The van der Waals surface area contributed by atoms with Crippen LogP contribution in [0.2, 0.25) is 0 Å². The Hall–Kier alpha value is -4.44. The quantitative estimate of drug-likeness (QED) is 0.229. The predicted molar refractivity (Wildman–Crippen MR) is 157 cm³/mol. The maximum absolute atomic E-state index is 11.5. The first kappa shape index (κ1) is 26.2. The Balaban J connectivity index is 1.35. The molecule has 10 nitrogen and oxygen atoms in total. The number of hydrogen-bond acceptors (Lipinski definition) is 8. The molecule has 5 rings (SSSR count). The van der Waals surface area contributed by atoms with Crippen LogP contribution in [0.25, 0.3) is 11.2 Å². The van der Waals surface area contributed by atoms with Crippen molar-refractivity contribution in [2.45, 2.75) is 45.3 Å². The Morgan fingerprint density at radius 2 is 1.95 bits per heavy atom. The van der Waals surface area contributed by atoms with Gasteiger partial charge in [0.15, 0.2) is 17.0 Å². The van der Waals surface area contributed by atoms with Gasteiger partial charge in [0.05, 0.1) is 6.33 Å². The smallest absolute Gasteiger partial charge is 0.247 e. The van der Waals surface area contributed by atoms with Gasteiger partial charge in [-0.1, -0.05) is 24.8 Å². The van der Waals surface area contributed by atoms with E-state index < -0.39 is 0 Å². The minimum atomic E-state index is -0.228. The number of nitrogens with one attached hydrogen (secondary N) is 3. The summed E-state index contributed by atoms with van der Waals surface area (Å²) in [5.41, 5.74) is 11.5. The molecule has 1 fully saturated rings. The summed E-state index contributed by atoms with van der Waals surface area (Å²) in [6, 6.07) is 16.1. The SMILES string of the molecule is C=CC(=O)Nc1ccc(CNc2cccc(Nc3nc(N4CCCC(N)C4)nc4c3ncn4C(C)C)c2)cc1. The van der Waals surface area contributed by atoms with Gasteiger partial charge < -0.3 is 31.2 Å². The van der Waals surface area contributed by atoms with E-state index in [0.29, 0.717) is 18.3 Å². The summed E-state index contributed by atoms with van der Waals surface area (Å²) >= 11 is 0. The summed E-state index contributed by atoms with van der Waals surface area (Å²) in [6.07, 6.45) is 5.12. The third-order valence-corrected chi connectivity index (χ3v) is 6.74. The summed E-state index contributed by atoms with van der Waals surface area (Å²) in [5.74, 6) is 1.11. The first-order valence-electron chi connectivity index (χ1n) is 13.3. The summed E-state index contributed by atoms with van der Waals surface area (Å²) in [6.45, 7) is 9.97. The lowest BCUT2D eigenvalue weighted by atomic mass is 10.1. The van der Waals surface area contributed by atoms with Gasteiger partial charge in [-0.3, -0.25) is 4.79 Å². The van der Waals surface area contributed by atoms with Crippen molar-refractivity contribution in [2.24, 2.45) is 5.73 Å². The zero-order valence-electron chi connectivity index (χ0n) is 22.4. The van der Waals surface area contributed by atoms with Crippen LogP contribution in [0.3, 0.4) is 0 Å². The number of nitrogens with zero attached hydrogens (tertiary/aromatic N) is 5. The van der Waals surface area contributed by atoms with Crippen LogP contribution in [0, 0.1) is 0 Å². The number of carbonyl (C=O) groups excluding carboxylic acids is 1. The predicted octanol–water partition coefficient (Wildman–Crippen LogP) is 4.81. The number of imidazole rings is 1. The Morgan fingerprint density at radius 1 is 1.15 bits per heavy atom. The second-order valence-electron chi connectivity index (χ2n) is 10.1. The number of nitrogens with two attached hydrogens (primary N) is 1. The van der Waals surface area contributed by atoms with E-state index in [-0.39, 0.29) is 18.0 Å². The molecule has 5 N–H and O–H groups in total. The Kier molecular flexibility index (Phi) is 7.74. The average molecular weight is 526 g/mol. The molecule has 0 bridgehead atoms. The molecule has 10 heteroatoms. The van der Waals surface area contributed by atoms with Crippen LogP contribution >= 0.6 is 0 Å². The summed E-state index contributed by atoms with van der Waals surface area (Å²) in [5, 5.41) is 9.71. The number of hydrogen-bond donors (Lipinski definition) is 4. The van der Waals surface area contributed by atoms with Gasteiger partial charge in [-0.15, -0.1) is 0 Å². The van der Waals surface area contributed by atoms with Crippen LogP contribution in [0.4, 0.5) is 28.8 Å². The zero-order chi connectivity index (χ0) is 27.4. The monoisotopic (exact) mass is 525 g/mol. The van der Waals surface area contributed by atoms with Gasteiger partial charge in [-0.2, -0.15) is 9.97 Å². The standard InChI is InChI=1S/C29H35N9O/c1-4-25(39)33-22-12-10-20(11-13-22)16-31-23-8-5-9-24(15-23)34-27-26-28(38(18-32-26)19(2)3)36-29(35-27)37-14-6-7-21(30)17-37/h4-5,8-13,15,18-19,21,31H,1,6-7,14,16-17,30H2,2-3H3,(H,33,39)(H,34,35,36). The van der Waals surface area contributed by atoms with E-state index in [1.54, 1.807) is 0 Å². The first-order valence-corrected chi connectivity index (χ1v) is 13.3. The second-order valence-corrected chi connectivity index (χ2v) is 10.1. The molecule has 4 aromatic rings. The van der Waals surface area contributed by atoms with Gasteiger partial charge in [-0.05, 0) is 68.7 Å². The fourth-order valence-electron chi connectivity index (χ4n) is 4.65. The van der Waals surface area contributed by atoms with Gasteiger partial charge >= 0.3 is 0 Å². The van der Waals surface area contributed by atoms with Crippen molar-refractivity contribution in [2.75, 3.05) is 33.9 Å². The van der Waals surface area contributed by atoms with Crippen molar-refractivity contribution >= 4 is 45.9 Å². The highest BCUT2D eigenvalue weighted by Crippen LogP contribution is 2.29. The van der Waals surface area contributed by atoms with Gasteiger partial charge in [0.2, 0.25) is 11.9 Å². The van der Waals surface area contributed by atoms with Crippen LogP contribution in [-0.4, -0.2) is 44.6 Å². The van der Waals surface area contributed by atoms with Gasteiger partial charge in [0.25, 0.3) is 0 Å². The number of amides is 1. The molecular formula is C29H35N9O. The minimum absolute atomic E-state index is 0.120. The molecule has 1 saturated heterocycles. The lowest BCUT2D eigenvalue weighted by Gasteiger charge is -2.31. The molecule has 3 heterocycles. The highest BCUT2D eigenvalue weighted by molar-refractivity contribution is 5.98. The molecule has 0 aliphatic carbocycles. The molecule has 202 valence electrons. The molecule has 1 amide bonds. The number of fused-ring (bicyclic) bond motifs is 1. The number of rotatable bonds is 9. The molecule has 2 aromatic heterocycles. The third-order valence-electron chi connectivity index (χ3n) is 6.74. The maximum atomic E-state index is 11.5. The van der Waals surface area contributed by atoms with Crippen LogP contribution in [0.1, 0.15) is 38.3 Å². The third kappa shape index (κ3) is 6.18. The second kappa shape index (κ2) is 11.5. The van der Waals surface area contributed by atoms with Crippen molar-refractivity contribution < 1.29 is 4.79 Å². The van der Waals surface area contributed by atoms with E-state index in [2.05, 4.69) is 50.8 Å². The molecule has 1 aliphatic heterocycles. The highest BCUT2D eigenvalue weighted by atomic mass is 16.1. The lowest BCUT2D eigenvalue weighted by molar-refractivity contribution is -0.111. The zero-order valence-corrected chi connectivity index (χ0v) is 22.4. The number of anilines is 5. The fraction of sp³-hybridized carbons (Fsp3) is 0.310. The number of aromatic nitrogens is 4. The van der Waals surface area contributed by atoms with Crippen LogP contribution in [-0.2, 0) is 11.3 Å². The van der Waals surface area contributed by atoms with Crippen molar-refractivity contribution in [3.8, 4) is 0 Å². The number of piperidine rings is 1. The molecule has 1 unspecified atom stereocenters. The molecule has 0 saturated carbocycles. The van der Waals surface area contributed by atoms with Gasteiger partial charge in [-0.25, -0.2) is 4.98 Å². The summed E-state index contributed by atoms with van der Waals surface area (Å²) in [7, 11) is 0. The normalized spacial score (nSPS) is 15.4. The summed E-state index contributed by atoms with van der Waals surface area (Å²) in [4.78, 5) is 28.1. The maximum Gasteiger partial charge on any atom is 0.247 e. The average Bonchev–Trinajstić information content (AvgIpc) is 3.38. The molecule has 1 atom stereocenters. The molecule has 0 spiro atoms. The van der Waals surface area contributed by atoms with Crippen molar-refractivity contribution in [1.29, 1.82) is 0 Å². The molecule has 0 radical (unpaired) electrons. The van der Waals surface area contributed by atoms with Crippen LogP contribution in [0.15, 0.2) is 67.5 Å². The molecule has 1 aliphatic rings. The van der Waals surface area contributed by atoms with E-state index in [9.17, 15) is 4.79 Å². The van der Waals surface area contributed by atoms with E-state index in [1.165, 1.54) is 6.08 Å².